The number of nitrogens with one attached hydrogen (secondary N) is 1. The van der Waals surface area contributed by atoms with Crippen molar-refractivity contribution in [1.29, 1.82) is 0 Å². The molecule has 8 nitrogen and oxygen atoms in total. The molecule has 0 atom stereocenters. The summed E-state index contributed by atoms with van der Waals surface area (Å²) in [5, 5.41) is 10.7. The Morgan fingerprint density at radius 1 is 1.38 bits per heavy atom. The molecule has 0 bridgehead atoms. The molecule has 3 rings (SSSR count). The number of halogens is 1. The number of carbonyl (C=O) groups is 1. The molecule has 1 amide bonds. The fourth-order valence-corrected chi connectivity index (χ4v) is 2.43. The van der Waals surface area contributed by atoms with Crippen molar-refractivity contribution < 1.29 is 14.1 Å². The summed E-state index contributed by atoms with van der Waals surface area (Å²) in [5.74, 6) is 0.670. The zero-order chi connectivity index (χ0) is 16.9. The van der Waals surface area contributed by atoms with Gasteiger partial charge in [0.1, 0.15) is 12.3 Å². The van der Waals surface area contributed by atoms with Crippen molar-refractivity contribution in [2.75, 3.05) is 7.11 Å². The van der Waals surface area contributed by atoms with Crippen LogP contribution in [0.4, 0.5) is 0 Å². The highest BCUT2D eigenvalue weighted by Gasteiger charge is 2.15. The third kappa shape index (κ3) is 4.10. The van der Waals surface area contributed by atoms with Crippen molar-refractivity contribution >= 4 is 28.5 Å². The second-order valence-electron chi connectivity index (χ2n) is 4.90. The minimum Gasteiger partial charge on any atom is -0.497 e. The maximum atomic E-state index is 12.1. The summed E-state index contributed by atoms with van der Waals surface area (Å²) in [6.45, 7) is 0.705. The predicted octanol–water partition coefficient (Wildman–Crippen LogP) is 1.86. The average molecular weight is 439 g/mol. The first-order valence-electron chi connectivity index (χ1n) is 7.06. The standard InChI is InChI=1S/C15H14IN5O3/c1-23-12-4-2-10(3-5-12)6-17-14(22)15-19-13(20-24-15)9-21-8-11(16)7-18-21/h2-5,7-8H,6,9H2,1H3,(H,17,22). The Labute approximate surface area is 151 Å². The third-order valence-electron chi connectivity index (χ3n) is 3.18. The molecule has 24 heavy (non-hydrogen) atoms. The van der Waals surface area contributed by atoms with E-state index in [1.807, 2.05) is 30.5 Å². The zero-order valence-electron chi connectivity index (χ0n) is 12.8. The number of amides is 1. The summed E-state index contributed by atoms with van der Waals surface area (Å²) in [6.07, 6.45) is 3.57. The summed E-state index contributed by atoms with van der Waals surface area (Å²) in [6, 6.07) is 7.41. The van der Waals surface area contributed by atoms with Crippen LogP contribution in [0.15, 0.2) is 41.2 Å². The molecule has 9 heteroatoms. The van der Waals surface area contributed by atoms with E-state index in [1.54, 1.807) is 18.0 Å². The molecule has 0 aliphatic heterocycles. The summed E-state index contributed by atoms with van der Waals surface area (Å²) >= 11 is 2.16. The number of hydrogen-bond donors (Lipinski definition) is 1. The van der Waals surface area contributed by atoms with Gasteiger partial charge in [0.05, 0.1) is 16.9 Å². The average Bonchev–Trinajstić information content (AvgIpc) is 3.22. The fourth-order valence-electron chi connectivity index (χ4n) is 1.98. The Bertz CT molecular complexity index is 828. The quantitative estimate of drug-likeness (QED) is 0.590. The highest BCUT2D eigenvalue weighted by Crippen LogP contribution is 2.11. The molecule has 0 aliphatic rings. The van der Waals surface area contributed by atoms with Crippen LogP contribution in [0.1, 0.15) is 22.1 Å². The number of aromatic nitrogens is 4. The van der Waals surface area contributed by atoms with Crippen LogP contribution in [0.2, 0.25) is 0 Å². The van der Waals surface area contributed by atoms with Crippen LogP contribution < -0.4 is 10.1 Å². The third-order valence-corrected chi connectivity index (χ3v) is 3.74. The monoisotopic (exact) mass is 439 g/mol. The Morgan fingerprint density at radius 2 is 2.17 bits per heavy atom. The number of rotatable bonds is 6. The van der Waals surface area contributed by atoms with Crippen LogP contribution in [0, 0.1) is 3.57 Å². The summed E-state index contributed by atoms with van der Waals surface area (Å²) < 4.78 is 12.8. The molecule has 0 aliphatic carbocycles. The van der Waals surface area contributed by atoms with E-state index in [-0.39, 0.29) is 5.89 Å². The highest BCUT2D eigenvalue weighted by atomic mass is 127. The first-order valence-corrected chi connectivity index (χ1v) is 8.13. The van der Waals surface area contributed by atoms with Crippen molar-refractivity contribution in [3.05, 3.63) is 57.5 Å². The molecule has 0 spiro atoms. The predicted molar refractivity (Wildman–Crippen MR) is 92.5 cm³/mol. The molecule has 0 saturated heterocycles. The molecule has 3 aromatic rings. The number of methoxy groups -OCH3 is 1. The van der Waals surface area contributed by atoms with Crippen LogP contribution in [-0.4, -0.2) is 32.9 Å². The smallest absolute Gasteiger partial charge is 0.316 e. The van der Waals surface area contributed by atoms with Gasteiger partial charge in [0.15, 0.2) is 5.82 Å². The van der Waals surface area contributed by atoms with E-state index in [0.717, 1.165) is 14.9 Å². The minimum atomic E-state index is -0.417. The molecule has 0 fully saturated rings. The largest absolute Gasteiger partial charge is 0.497 e. The first-order chi connectivity index (χ1) is 11.6. The molecule has 2 aromatic heterocycles. The number of benzene rings is 1. The van der Waals surface area contributed by atoms with E-state index >= 15 is 0 Å². The molecule has 124 valence electrons. The maximum Gasteiger partial charge on any atom is 0.316 e. The number of carbonyl (C=O) groups excluding carboxylic acids is 1. The molecular weight excluding hydrogens is 425 g/mol. The molecule has 1 aromatic carbocycles. The topological polar surface area (TPSA) is 95.1 Å². The van der Waals surface area contributed by atoms with Crippen molar-refractivity contribution in [3.63, 3.8) is 0 Å². The van der Waals surface area contributed by atoms with Gasteiger partial charge in [0, 0.05) is 12.7 Å². The molecule has 2 heterocycles. The summed E-state index contributed by atoms with van der Waals surface area (Å²) in [7, 11) is 1.61. The molecular formula is C15H14IN5O3. The number of ether oxygens (including phenoxy) is 1. The molecule has 0 saturated carbocycles. The van der Waals surface area contributed by atoms with E-state index in [1.165, 1.54) is 0 Å². The van der Waals surface area contributed by atoms with Crippen molar-refractivity contribution in [1.82, 2.24) is 25.2 Å². The minimum absolute atomic E-state index is 0.0691. The lowest BCUT2D eigenvalue weighted by Gasteiger charge is -2.04. The van der Waals surface area contributed by atoms with Crippen LogP contribution in [0.5, 0.6) is 5.75 Å². The van der Waals surface area contributed by atoms with Gasteiger partial charge in [-0.05, 0) is 40.3 Å². The lowest BCUT2D eigenvalue weighted by atomic mass is 10.2. The van der Waals surface area contributed by atoms with Gasteiger partial charge in [-0.1, -0.05) is 17.3 Å². The van der Waals surface area contributed by atoms with Crippen LogP contribution in [-0.2, 0) is 13.1 Å². The van der Waals surface area contributed by atoms with E-state index in [0.29, 0.717) is 18.9 Å². The lowest BCUT2D eigenvalue weighted by Crippen LogP contribution is -2.23. The Kier molecular flexibility index (Phi) is 5.08. The van der Waals surface area contributed by atoms with E-state index in [4.69, 9.17) is 9.26 Å². The van der Waals surface area contributed by atoms with Gasteiger partial charge in [-0.15, -0.1) is 0 Å². The van der Waals surface area contributed by atoms with E-state index in [9.17, 15) is 4.79 Å². The summed E-state index contributed by atoms with van der Waals surface area (Å²) in [4.78, 5) is 16.1. The first kappa shape index (κ1) is 16.4. The molecule has 0 unspecified atom stereocenters. The number of hydrogen-bond acceptors (Lipinski definition) is 6. The van der Waals surface area contributed by atoms with Crippen molar-refractivity contribution in [3.8, 4) is 5.75 Å². The van der Waals surface area contributed by atoms with Crippen LogP contribution >= 0.6 is 22.6 Å². The Morgan fingerprint density at radius 3 is 2.83 bits per heavy atom. The SMILES string of the molecule is COc1ccc(CNC(=O)c2nc(Cn3cc(I)cn3)no2)cc1. The van der Waals surface area contributed by atoms with Gasteiger partial charge in [0.25, 0.3) is 0 Å². The lowest BCUT2D eigenvalue weighted by molar-refractivity contribution is 0.0907. The number of nitrogens with zero attached hydrogens (tertiary/aromatic N) is 4. The van der Waals surface area contributed by atoms with Crippen molar-refractivity contribution in [2.24, 2.45) is 0 Å². The van der Waals surface area contributed by atoms with Crippen LogP contribution in [0.3, 0.4) is 0 Å². The highest BCUT2D eigenvalue weighted by molar-refractivity contribution is 14.1. The van der Waals surface area contributed by atoms with Gasteiger partial charge < -0.3 is 14.6 Å². The second-order valence-corrected chi connectivity index (χ2v) is 6.15. The van der Waals surface area contributed by atoms with Crippen molar-refractivity contribution in [2.45, 2.75) is 13.1 Å². The van der Waals surface area contributed by atoms with E-state index < -0.39 is 5.91 Å². The maximum absolute atomic E-state index is 12.1. The van der Waals surface area contributed by atoms with Gasteiger partial charge in [-0.3, -0.25) is 9.48 Å². The Hall–Kier alpha value is -2.43. The van der Waals surface area contributed by atoms with Crippen LogP contribution in [0.25, 0.3) is 0 Å². The van der Waals surface area contributed by atoms with Gasteiger partial charge >= 0.3 is 11.8 Å². The van der Waals surface area contributed by atoms with Gasteiger partial charge in [-0.25, -0.2) is 0 Å². The van der Waals surface area contributed by atoms with Gasteiger partial charge in [-0.2, -0.15) is 10.1 Å². The molecule has 1 N–H and O–H groups in total. The normalized spacial score (nSPS) is 10.6. The van der Waals surface area contributed by atoms with Gasteiger partial charge in [0.2, 0.25) is 0 Å². The second kappa shape index (κ2) is 7.43. The fraction of sp³-hybridized carbons (Fsp3) is 0.200. The summed E-state index contributed by atoms with van der Waals surface area (Å²) in [5.41, 5.74) is 0.940. The van der Waals surface area contributed by atoms with E-state index in [2.05, 4.69) is 43.1 Å². The zero-order valence-corrected chi connectivity index (χ0v) is 14.9. The molecule has 0 radical (unpaired) electrons. The Balaban J connectivity index is 1.56.